The van der Waals surface area contributed by atoms with E-state index in [1.807, 2.05) is 42.5 Å². The van der Waals surface area contributed by atoms with E-state index in [0.717, 1.165) is 11.3 Å². The normalized spacial score (nSPS) is 10.5. The molecular formula is C16H15N3O. The molecule has 0 unspecified atom stereocenters. The van der Waals surface area contributed by atoms with Gasteiger partial charge in [0.05, 0.1) is 0 Å². The van der Waals surface area contributed by atoms with Crippen LogP contribution in [0.15, 0.2) is 53.1 Å². The third kappa shape index (κ3) is 2.69. The van der Waals surface area contributed by atoms with Gasteiger partial charge in [0.15, 0.2) is 0 Å². The van der Waals surface area contributed by atoms with Crippen LogP contribution in [-0.2, 0) is 0 Å². The second-order valence-corrected chi connectivity index (χ2v) is 4.79. The standard InChI is InChI=1S/C16H15N3O/c1-11-8-12(2)10-14(9-11)17-16-18-15(19-20-16)13-6-4-3-5-7-13/h3-10H,1-2H3,(H,17,18,19). The van der Waals surface area contributed by atoms with Gasteiger partial charge in [-0.3, -0.25) is 0 Å². The molecule has 3 aromatic rings. The molecule has 1 N–H and O–H groups in total. The molecule has 2 aromatic carbocycles. The summed E-state index contributed by atoms with van der Waals surface area (Å²) < 4.78 is 5.23. The van der Waals surface area contributed by atoms with Crippen LogP contribution in [0.1, 0.15) is 11.1 Å². The second kappa shape index (κ2) is 5.17. The summed E-state index contributed by atoms with van der Waals surface area (Å²) >= 11 is 0. The van der Waals surface area contributed by atoms with Gasteiger partial charge in [0.25, 0.3) is 0 Å². The highest BCUT2D eigenvalue weighted by atomic mass is 16.5. The lowest BCUT2D eigenvalue weighted by molar-refractivity contribution is 0.435. The molecule has 0 amide bonds. The van der Waals surface area contributed by atoms with Gasteiger partial charge in [-0.1, -0.05) is 41.6 Å². The minimum absolute atomic E-state index is 0.397. The first-order valence-corrected chi connectivity index (χ1v) is 6.45. The summed E-state index contributed by atoms with van der Waals surface area (Å²) in [6.45, 7) is 4.11. The first-order chi connectivity index (χ1) is 9.70. The summed E-state index contributed by atoms with van der Waals surface area (Å²) in [6.07, 6.45) is 0. The zero-order chi connectivity index (χ0) is 13.9. The van der Waals surface area contributed by atoms with Crippen molar-refractivity contribution in [2.75, 3.05) is 5.32 Å². The summed E-state index contributed by atoms with van der Waals surface area (Å²) in [5.41, 5.74) is 4.26. The van der Waals surface area contributed by atoms with E-state index >= 15 is 0 Å². The van der Waals surface area contributed by atoms with Crippen LogP contribution in [0.5, 0.6) is 0 Å². The molecule has 4 heteroatoms. The number of hydrogen-bond donors (Lipinski definition) is 1. The Balaban J connectivity index is 1.84. The Labute approximate surface area is 117 Å². The van der Waals surface area contributed by atoms with Crippen LogP contribution < -0.4 is 5.32 Å². The zero-order valence-corrected chi connectivity index (χ0v) is 11.4. The smallest absolute Gasteiger partial charge is 0.315 e. The number of rotatable bonds is 3. The Morgan fingerprint density at radius 3 is 2.35 bits per heavy atom. The average Bonchev–Trinajstić information content (AvgIpc) is 2.87. The Morgan fingerprint density at radius 1 is 0.950 bits per heavy atom. The Morgan fingerprint density at radius 2 is 1.65 bits per heavy atom. The molecule has 0 spiro atoms. The summed E-state index contributed by atoms with van der Waals surface area (Å²) in [5, 5.41) is 7.11. The summed E-state index contributed by atoms with van der Waals surface area (Å²) in [5.74, 6) is 0.581. The molecule has 0 saturated heterocycles. The molecule has 4 nitrogen and oxygen atoms in total. The number of nitrogens with zero attached hydrogens (tertiary/aromatic N) is 2. The van der Waals surface area contributed by atoms with Crippen molar-refractivity contribution in [2.24, 2.45) is 0 Å². The summed E-state index contributed by atoms with van der Waals surface area (Å²) in [7, 11) is 0. The first kappa shape index (κ1) is 12.4. The van der Waals surface area contributed by atoms with E-state index in [4.69, 9.17) is 4.52 Å². The van der Waals surface area contributed by atoms with Crippen LogP contribution in [0.3, 0.4) is 0 Å². The van der Waals surface area contributed by atoms with Crippen molar-refractivity contribution in [3.8, 4) is 11.4 Å². The van der Waals surface area contributed by atoms with Crippen molar-refractivity contribution in [3.63, 3.8) is 0 Å². The van der Waals surface area contributed by atoms with E-state index in [2.05, 4.69) is 35.4 Å². The minimum Gasteiger partial charge on any atom is -0.315 e. The van der Waals surface area contributed by atoms with Gasteiger partial charge in [0, 0.05) is 11.3 Å². The zero-order valence-electron chi connectivity index (χ0n) is 11.4. The quantitative estimate of drug-likeness (QED) is 0.774. The van der Waals surface area contributed by atoms with E-state index in [0.29, 0.717) is 11.8 Å². The van der Waals surface area contributed by atoms with Crippen LogP contribution in [0.4, 0.5) is 11.7 Å². The van der Waals surface area contributed by atoms with Crippen molar-refractivity contribution in [1.29, 1.82) is 0 Å². The highest BCUT2D eigenvalue weighted by molar-refractivity contribution is 5.59. The highest BCUT2D eigenvalue weighted by Gasteiger charge is 2.08. The molecule has 1 aromatic heterocycles. The van der Waals surface area contributed by atoms with Gasteiger partial charge in [-0.15, -0.1) is 0 Å². The number of hydrogen-bond acceptors (Lipinski definition) is 4. The van der Waals surface area contributed by atoms with Crippen LogP contribution in [0.25, 0.3) is 11.4 Å². The van der Waals surface area contributed by atoms with Gasteiger partial charge in [-0.25, -0.2) is 0 Å². The van der Waals surface area contributed by atoms with Crippen molar-refractivity contribution < 1.29 is 4.52 Å². The fourth-order valence-electron chi connectivity index (χ4n) is 2.15. The molecule has 3 rings (SSSR count). The van der Waals surface area contributed by atoms with Crippen molar-refractivity contribution >= 4 is 11.7 Å². The van der Waals surface area contributed by atoms with Gasteiger partial charge < -0.3 is 9.84 Å². The van der Waals surface area contributed by atoms with E-state index in [-0.39, 0.29) is 0 Å². The number of benzene rings is 2. The molecule has 0 bridgehead atoms. The fourth-order valence-corrected chi connectivity index (χ4v) is 2.15. The molecule has 0 radical (unpaired) electrons. The van der Waals surface area contributed by atoms with E-state index in [9.17, 15) is 0 Å². The maximum absolute atomic E-state index is 5.23. The van der Waals surface area contributed by atoms with Gasteiger partial charge in [0.2, 0.25) is 5.82 Å². The maximum atomic E-state index is 5.23. The lowest BCUT2D eigenvalue weighted by Gasteiger charge is -2.03. The Bertz CT molecular complexity index is 699. The molecule has 0 aliphatic carbocycles. The first-order valence-electron chi connectivity index (χ1n) is 6.45. The lowest BCUT2D eigenvalue weighted by atomic mass is 10.1. The van der Waals surface area contributed by atoms with E-state index in [1.165, 1.54) is 11.1 Å². The lowest BCUT2D eigenvalue weighted by Crippen LogP contribution is -1.92. The highest BCUT2D eigenvalue weighted by Crippen LogP contribution is 2.21. The van der Waals surface area contributed by atoms with Gasteiger partial charge in [-0.2, -0.15) is 4.98 Å². The number of aryl methyl sites for hydroxylation is 2. The van der Waals surface area contributed by atoms with Crippen molar-refractivity contribution in [1.82, 2.24) is 10.1 Å². The van der Waals surface area contributed by atoms with E-state index in [1.54, 1.807) is 0 Å². The molecule has 20 heavy (non-hydrogen) atoms. The fraction of sp³-hybridized carbons (Fsp3) is 0.125. The van der Waals surface area contributed by atoms with Gasteiger partial charge >= 0.3 is 6.01 Å². The maximum Gasteiger partial charge on any atom is 0.326 e. The third-order valence-corrected chi connectivity index (χ3v) is 2.93. The number of aromatic nitrogens is 2. The largest absolute Gasteiger partial charge is 0.326 e. The number of nitrogens with one attached hydrogen (secondary N) is 1. The summed E-state index contributed by atoms with van der Waals surface area (Å²) in [6, 6.07) is 16.3. The molecule has 1 heterocycles. The monoisotopic (exact) mass is 265 g/mol. The second-order valence-electron chi connectivity index (χ2n) is 4.79. The average molecular weight is 265 g/mol. The van der Waals surface area contributed by atoms with E-state index < -0.39 is 0 Å². The predicted octanol–water partition coefficient (Wildman–Crippen LogP) is 4.10. The van der Waals surface area contributed by atoms with Crippen molar-refractivity contribution in [2.45, 2.75) is 13.8 Å². The van der Waals surface area contributed by atoms with Gasteiger partial charge in [-0.05, 0) is 37.1 Å². The summed E-state index contributed by atoms with van der Waals surface area (Å²) in [4.78, 5) is 4.35. The van der Waals surface area contributed by atoms with Crippen LogP contribution in [0.2, 0.25) is 0 Å². The molecular weight excluding hydrogens is 250 g/mol. The third-order valence-electron chi connectivity index (χ3n) is 2.93. The minimum atomic E-state index is 0.397. The van der Waals surface area contributed by atoms with Crippen molar-refractivity contribution in [3.05, 3.63) is 59.7 Å². The van der Waals surface area contributed by atoms with Crippen LogP contribution >= 0.6 is 0 Å². The molecule has 0 saturated carbocycles. The van der Waals surface area contributed by atoms with Crippen LogP contribution in [-0.4, -0.2) is 10.1 Å². The SMILES string of the molecule is Cc1cc(C)cc(Nc2nc(-c3ccccc3)no2)c1. The Kier molecular flexibility index (Phi) is 3.21. The van der Waals surface area contributed by atoms with Crippen LogP contribution in [0, 0.1) is 13.8 Å². The Hall–Kier alpha value is -2.62. The topological polar surface area (TPSA) is 51.0 Å². The number of anilines is 2. The molecule has 100 valence electrons. The van der Waals surface area contributed by atoms with Gasteiger partial charge in [0.1, 0.15) is 0 Å². The molecule has 0 aliphatic rings. The molecule has 0 fully saturated rings. The predicted molar refractivity (Wildman–Crippen MR) is 78.9 cm³/mol. The molecule has 0 aliphatic heterocycles. The molecule has 0 atom stereocenters.